The van der Waals surface area contributed by atoms with Crippen LogP contribution >= 0.6 is 0 Å². The second-order valence-electron chi connectivity index (χ2n) is 0. The molecule has 0 rings (SSSR count). The fraction of sp³-hybridized carbons (Fsp3) is 1.00. The van der Waals surface area contributed by atoms with Crippen molar-refractivity contribution in [2.45, 2.75) is 11.6 Å². The third-order valence-corrected chi connectivity index (χ3v) is 0. The van der Waals surface area contributed by atoms with Crippen LogP contribution in [0.3, 0.4) is 0 Å². The van der Waals surface area contributed by atoms with Gasteiger partial charge in [0.2, 0.25) is 0 Å². The van der Waals surface area contributed by atoms with E-state index in [-0.39, 0.29) is 0 Å². The second-order valence-corrected chi connectivity index (χ2v) is 0. The van der Waals surface area contributed by atoms with Gasteiger partial charge in [0, 0.05) is 0 Å². The van der Waals surface area contributed by atoms with Crippen molar-refractivity contribution in [3.05, 3.63) is 0 Å². The summed E-state index contributed by atoms with van der Waals surface area (Å²) in [7, 11) is 2.25. The average molecular weight is 177 g/mol. The molecule has 58 valence electrons. The summed E-state index contributed by atoms with van der Waals surface area (Å²) in [5.74, 6) is 3.83. The van der Waals surface area contributed by atoms with Gasteiger partial charge >= 0.3 is 44.2 Å². The summed E-state index contributed by atoms with van der Waals surface area (Å²) >= 11 is 4.83. The first-order chi connectivity index (χ1) is 5.00. The van der Waals surface area contributed by atoms with E-state index in [9.17, 15) is 0 Å². The fourth-order valence-corrected chi connectivity index (χ4v) is 0. The molecule has 0 atom stereocenters. The van der Waals surface area contributed by atoms with Crippen molar-refractivity contribution in [2.24, 2.45) is 0 Å². The van der Waals surface area contributed by atoms with Gasteiger partial charge in [-0.2, -0.15) is 21.3 Å². The van der Waals surface area contributed by atoms with Gasteiger partial charge in [-0.15, -0.1) is 0 Å². The zero-order chi connectivity index (χ0) is 10.0. The summed E-state index contributed by atoms with van der Waals surface area (Å²) < 4.78 is 0. The first kappa shape index (κ1) is 30.6. The predicted molar refractivity (Wildman–Crippen MR) is 41.0 cm³/mol. The maximum atomic E-state index is 8.25. The third-order valence-electron chi connectivity index (χ3n) is 0. The molecule has 0 aromatic carbocycles. The van der Waals surface area contributed by atoms with Gasteiger partial charge in [-0.3, -0.25) is 0 Å². The van der Waals surface area contributed by atoms with Gasteiger partial charge in [-0.25, -0.2) is 0 Å². The second kappa shape index (κ2) is 891. The Morgan fingerprint density at radius 1 is 0.500 bits per heavy atom. The summed E-state index contributed by atoms with van der Waals surface area (Å²) in [5, 5.41) is 24.8. The molecular weight excluding hydrogens is 162 g/mol. The van der Waals surface area contributed by atoms with Crippen LogP contribution in [0.1, 0.15) is 0 Å². The van der Waals surface area contributed by atoms with Crippen molar-refractivity contribution >= 4 is 32.6 Å². The topological polar surface area (TPSA) is 69.2 Å². The number of rotatable bonds is 0. The monoisotopic (exact) mass is 177 g/mol. The number of hydrogen-bond acceptors (Lipinski definition) is 3. The van der Waals surface area contributed by atoms with Crippen LogP contribution in [-0.2, 0) is 0 Å². The van der Waals surface area contributed by atoms with E-state index in [2.05, 4.69) is 32.6 Å². The molecule has 0 fully saturated rings. The molecule has 0 bridgehead atoms. The summed E-state index contributed by atoms with van der Waals surface area (Å²) in [6.45, 7) is 0. The molecule has 0 aliphatic heterocycles. The molecule has 10 heavy (non-hydrogen) atoms. The van der Waals surface area contributed by atoms with Gasteiger partial charge in [-0.1, -0.05) is 0 Å². The average Bonchev–Trinajstić information content (AvgIpc) is 2.20. The quantitative estimate of drug-likeness (QED) is 0.379. The first-order valence-corrected chi connectivity index (χ1v) is 4.69. The molecule has 0 spiro atoms. The molecule has 0 aliphatic rings. The molecule has 5 heteroatoms. The molecule has 0 aromatic heterocycles. The Morgan fingerprint density at radius 3 is 0.500 bits per heavy atom. The molecule has 0 N–H and O–H groups in total. The van der Waals surface area contributed by atoms with Crippen molar-refractivity contribution in [2.75, 3.05) is 21.3 Å². The molecule has 0 aromatic rings. The van der Waals surface area contributed by atoms with E-state index >= 15 is 0 Å². The van der Waals surface area contributed by atoms with Crippen LogP contribution in [0.4, 0.5) is 0 Å². The maximum absolute atomic E-state index is 8.25. The minimum absolute atomic E-state index is 0.750. The van der Waals surface area contributed by atoms with E-state index in [4.69, 9.17) is 15.3 Å². The van der Waals surface area contributed by atoms with Crippen LogP contribution in [-0.4, -0.2) is 53.9 Å². The molecule has 0 amide bonds. The Bertz CT molecular complexity index is 14.9. The van der Waals surface area contributed by atoms with E-state index in [1.807, 2.05) is 11.6 Å². The third kappa shape index (κ3) is 632. The van der Waals surface area contributed by atoms with E-state index in [1.54, 1.807) is 0 Å². The molecule has 0 saturated carbocycles. The van der Waals surface area contributed by atoms with E-state index in [1.165, 1.54) is 0 Å². The van der Waals surface area contributed by atoms with Crippen LogP contribution in [0, 0.1) is 0 Å². The molecule has 0 unspecified atom stereocenters. The Labute approximate surface area is 80.9 Å². The Morgan fingerprint density at radius 2 is 0.500 bits per heavy atom. The van der Waals surface area contributed by atoms with E-state index in [0.717, 1.165) is 21.3 Å². The van der Waals surface area contributed by atoms with Crippen LogP contribution in [0.25, 0.3) is 0 Å². The van der Waals surface area contributed by atoms with Crippen LogP contribution in [0.5, 0.6) is 0 Å². The van der Waals surface area contributed by atoms with Gasteiger partial charge in [0.1, 0.15) is 0 Å². The molecule has 0 aliphatic carbocycles. The Hall–Kier alpha value is 0.945. The standard InChI is InChI=1S/3CH3O.2CH3.2Al/c3*1-2;;;;/h3*1H3;2*1H3;;/q3*-1;;;2*+2. The molecule has 3 nitrogen and oxygen atoms in total. The fourth-order valence-electron chi connectivity index (χ4n) is 0. The molecule has 0 radical (unpaired) electrons. The van der Waals surface area contributed by atoms with Crippen LogP contribution < -0.4 is 15.3 Å². The van der Waals surface area contributed by atoms with Gasteiger partial charge in [0.25, 0.3) is 0 Å². The molecular formula is C5H15Al2O3+. The predicted octanol–water partition coefficient (Wildman–Crippen LogP) is -2.66. The summed E-state index contributed by atoms with van der Waals surface area (Å²) in [5.41, 5.74) is 0. The minimum atomic E-state index is 0.750. The van der Waals surface area contributed by atoms with Crippen molar-refractivity contribution in [1.82, 2.24) is 0 Å². The Kier molecular flexibility index (Phi) is 2730. The van der Waals surface area contributed by atoms with Gasteiger partial charge in [-0.05, 0) is 0 Å². The summed E-state index contributed by atoms with van der Waals surface area (Å²) in [6, 6.07) is 0. The van der Waals surface area contributed by atoms with Crippen LogP contribution in [0.15, 0.2) is 0 Å². The Balaban J connectivity index is -0.0000000104. The van der Waals surface area contributed by atoms with Crippen molar-refractivity contribution in [3.8, 4) is 0 Å². The summed E-state index contributed by atoms with van der Waals surface area (Å²) in [4.78, 5) is 0. The van der Waals surface area contributed by atoms with Crippen molar-refractivity contribution in [3.63, 3.8) is 0 Å². The molecule has 0 saturated heterocycles. The normalized spacial score (nSPS) is 3.20. The zero-order valence-corrected chi connectivity index (χ0v) is 9.69. The molecule has 0 heterocycles. The first-order valence-electron chi connectivity index (χ1n) is 2.38. The van der Waals surface area contributed by atoms with Gasteiger partial charge in [0.15, 0.2) is 0 Å². The SMILES string of the molecule is C[O-].C[O-].C[O-].[CH3][Al+2].[CH3][Al+2]. The van der Waals surface area contributed by atoms with E-state index in [0.29, 0.717) is 0 Å². The van der Waals surface area contributed by atoms with Gasteiger partial charge < -0.3 is 15.3 Å². The van der Waals surface area contributed by atoms with Gasteiger partial charge in [0.05, 0.1) is 0 Å². The summed E-state index contributed by atoms with van der Waals surface area (Å²) in [6.07, 6.45) is 0. The van der Waals surface area contributed by atoms with Crippen molar-refractivity contribution < 1.29 is 15.3 Å². The van der Waals surface area contributed by atoms with Crippen LogP contribution in [0.2, 0.25) is 11.6 Å². The zero-order valence-electron chi connectivity index (χ0n) is 7.38. The number of hydrogen-bond donors (Lipinski definition) is 0. The van der Waals surface area contributed by atoms with Crippen molar-refractivity contribution in [1.29, 1.82) is 0 Å². The van der Waals surface area contributed by atoms with E-state index < -0.39 is 0 Å².